The monoisotopic (exact) mass is 309 g/mol. The fourth-order valence-electron chi connectivity index (χ4n) is 3.17. The average Bonchev–Trinajstić information content (AvgIpc) is 2.52. The molecule has 0 saturated heterocycles. The number of rotatable bonds is 7. The molecule has 0 bridgehead atoms. The van der Waals surface area contributed by atoms with Crippen LogP contribution in [0, 0.1) is 5.92 Å². The van der Waals surface area contributed by atoms with Crippen LogP contribution < -0.4 is 5.32 Å². The van der Waals surface area contributed by atoms with Crippen molar-refractivity contribution < 1.29 is 4.74 Å². The van der Waals surface area contributed by atoms with Gasteiger partial charge in [0.25, 0.3) is 0 Å². The molecular weight excluding hydrogens is 282 g/mol. The van der Waals surface area contributed by atoms with Crippen molar-refractivity contribution in [2.75, 3.05) is 13.1 Å². The third-order valence-corrected chi connectivity index (χ3v) is 4.74. The van der Waals surface area contributed by atoms with E-state index in [1.165, 1.54) is 37.7 Å². The van der Waals surface area contributed by atoms with E-state index in [-0.39, 0.29) is 6.10 Å². The van der Waals surface area contributed by atoms with E-state index in [0.717, 1.165) is 24.0 Å². The molecule has 1 N–H and O–H groups in total. The number of benzene rings is 1. The van der Waals surface area contributed by atoms with Gasteiger partial charge in [-0.3, -0.25) is 0 Å². The van der Waals surface area contributed by atoms with Gasteiger partial charge in [0.1, 0.15) is 0 Å². The molecule has 1 aromatic rings. The standard InChI is InChI=1S/C18H28ClNO/c1-3-14-6-5-7-17(12-14)21-18(13-20-4-2)15-8-10-16(19)11-9-15/h8-11,14,17-18,20H,3-7,12-13H2,1-2H3. The second kappa shape index (κ2) is 8.77. The van der Waals surface area contributed by atoms with E-state index in [9.17, 15) is 0 Å². The lowest BCUT2D eigenvalue weighted by Crippen LogP contribution is -2.29. The fourth-order valence-corrected chi connectivity index (χ4v) is 3.29. The van der Waals surface area contributed by atoms with Crippen LogP contribution in [0.5, 0.6) is 0 Å². The highest BCUT2D eigenvalue weighted by atomic mass is 35.5. The Morgan fingerprint density at radius 3 is 2.67 bits per heavy atom. The molecule has 2 rings (SSSR count). The molecule has 1 aliphatic rings. The lowest BCUT2D eigenvalue weighted by Gasteiger charge is -2.32. The number of ether oxygens (including phenoxy) is 1. The summed E-state index contributed by atoms with van der Waals surface area (Å²) < 4.78 is 6.45. The third-order valence-electron chi connectivity index (χ3n) is 4.49. The molecule has 1 aromatic carbocycles. The molecule has 0 heterocycles. The number of hydrogen-bond acceptors (Lipinski definition) is 2. The van der Waals surface area contributed by atoms with Crippen LogP contribution in [0.4, 0.5) is 0 Å². The first kappa shape index (κ1) is 16.8. The molecule has 1 saturated carbocycles. The summed E-state index contributed by atoms with van der Waals surface area (Å²) in [4.78, 5) is 0. The normalized spacial score (nSPS) is 24.0. The molecule has 3 unspecified atom stereocenters. The van der Waals surface area contributed by atoms with E-state index < -0.39 is 0 Å². The predicted molar refractivity (Wildman–Crippen MR) is 89.9 cm³/mol. The van der Waals surface area contributed by atoms with Crippen LogP contribution in [0.25, 0.3) is 0 Å². The van der Waals surface area contributed by atoms with E-state index in [1.807, 2.05) is 12.1 Å². The Balaban J connectivity index is 2.00. The van der Waals surface area contributed by atoms with Gasteiger partial charge in [0.2, 0.25) is 0 Å². The summed E-state index contributed by atoms with van der Waals surface area (Å²) >= 11 is 5.99. The summed E-state index contributed by atoms with van der Waals surface area (Å²) in [6, 6.07) is 8.08. The topological polar surface area (TPSA) is 21.3 Å². The molecule has 118 valence electrons. The van der Waals surface area contributed by atoms with Crippen LogP contribution in [0.15, 0.2) is 24.3 Å². The summed E-state index contributed by atoms with van der Waals surface area (Å²) in [5.41, 5.74) is 1.22. The Bertz CT molecular complexity index is 406. The maximum atomic E-state index is 6.45. The van der Waals surface area contributed by atoms with Gasteiger partial charge < -0.3 is 10.1 Å². The first-order valence-electron chi connectivity index (χ1n) is 8.34. The smallest absolute Gasteiger partial charge is 0.0952 e. The van der Waals surface area contributed by atoms with Crippen LogP contribution in [-0.4, -0.2) is 19.2 Å². The van der Waals surface area contributed by atoms with Crippen LogP contribution in [0.2, 0.25) is 5.02 Å². The van der Waals surface area contributed by atoms with E-state index >= 15 is 0 Å². The number of likely N-dealkylation sites (N-methyl/N-ethyl adjacent to an activating group) is 1. The lowest BCUT2D eigenvalue weighted by molar-refractivity contribution is -0.0413. The van der Waals surface area contributed by atoms with Gasteiger partial charge in [-0.15, -0.1) is 0 Å². The van der Waals surface area contributed by atoms with Crippen LogP contribution >= 0.6 is 11.6 Å². The number of hydrogen-bond donors (Lipinski definition) is 1. The highest BCUT2D eigenvalue weighted by Crippen LogP contribution is 2.32. The molecule has 3 atom stereocenters. The van der Waals surface area contributed by atoms with Crippen molar-refractivity contribution in [3.05, 3.63) is 34.9 Å². The molecule has 0 radical (unpaired) electrons. The second-order valence-corrected chi connectivity index (χ2v) is 6.48. The molecule has 3 heteroatoms. The number of nitrogens with one attached hydrogen (secondary N) is 1. The van der Waals surface area contributed by atoms with E-state index in [1.54, 1.807) is 0 Å². The van der Waals surface area contributed by atoms with E-state index in [2.05, 4.69) is 31.3 Å². The van der Waals surface area contributed by atoms with E-state index in [4.69, 9.17) is 16.3 Å². The largest absolute Gasteiger partial charge is 0.369 e. The molecule has 0 aromatic heterocycles. The van der Waals surface area contributed by atoms with Crippen molar-refractivity contribution >= 4 is 11.6 Å². The van der Waals surface area contributed by atoms with Crippen molar-refractivity contribution in [3.63, 3.8) is 0 Å². The predicted octanol–water partition coefficient (Wildman–Crippen LogP) is 4.98. The van der Waals surface area contributed by atoms with Crippen LogP contribution in [-0.2, 0) is 4.74 Å². The van der Waals surface area contributed by atoms with Gasteiger partial charge >= 0.3 is 0 Å². The highest BCUT2D eigenvalue weighted by molar-refractivity contribution is 6.30. The molecule has 21 heavy (non-hydrogen) atoms. The average molecular weight is 310 g/mol. The Labute approximate surface area is 134 Å². The zero-order valence-electron chi connectivity index (χ0n) is 13.3. The zero-order chi connectivity index (χ0) is 15.1. The zero-order valence-corrected chi connectivity index (χ0v) is 14.0. The summed E-state index contributed by atoms with van der Waals surface area (Å²) in [7, 11) is 0. The Kier molecular flexibility index (Phi) is 7.01. The minimum atomic E-state index is 0.128. The van der Waals surface area contributed by atoms with Gasteiger partial charge in [-0.05, 0) is 43.0 Å². The minimum Gasteiger partial charge on any atom is -0.369 e. The molecule has 0 amide bonds. The highest BCUT2D eigenvalue weighted by Gasteiger charge is 2.24. The minimum absolute atomic E-state index is 0.128. The van der Waals surface area contributed by atoms with Crippen molar-refractivity contribution in [2.45, 2.75) is 58.2 Å². The molecule has 1 fully saturated rings. The Morgan fingerprint density at radius 1 is 1.24 bits per heavy atom. The maximum absolute atomic E-state index is 6.45. The lowest BCUT2D eigenvalue weighted by atomic mass is 9.85. The molecule has 2 nitrogen and oxygen atoms in total. The van der Waals surface area contributed by atoms with Crippen molar-refractivity contribution in [3.8, 4) is 0 Å². The molecule has 1 aliphatic carbocycles. The van der Waals surface area contributed by atoms with Gasteiger partial charge in [-0.2, -0.15) is 0 Å². The van der Waals surface area contributed by atoms with Gasteiger partial charge in [0, 0.05) is 11.6 Å². The molecule has 0 spiro atoms. The summed E-state index contributed by atoms with van der Waals surface area (Å²) in [5.74, 6) is 0.841. The van der Waals surface area contributed by atoms with Crippen molar-refractivity contribution in [2.24, 2.45) is 5.92 Å². The third kappa shape index (κ3) is 5.28. The second-order valence-electron chi connectivity index (χ2n) is 6.05. The Morgan fingerprint density at radius 2 is 2.00 bits per heavy atom. The SMILES string of the molecule is CCNCC(OC1CCCC(CC)C1)c1ccc(Cl)cc1. The van der Waals surface area contributed by atoms with E-state index in [0.29, 0.717) is 6.10 Å². The Hall–Kier alpha value is -0.570. The first-order valence-corrected chi connectivity index (χ1v) is 8.72. The van der Waals surface area contributed by atoms with Crippen molar-refractivity contribution in [1.29, 1.82) is 0 Å². The summed E-state index contributed by atoms with van der Waals surface area (Å²) in [6.07, 6.45) is 6.90. The molecular formula is C18H28ClNO. The van der Waals surface area contributed by atoms with Crippen LogP contribution in [0.3, 0.4) is 0 Å². The summed E-state index contributed by atoms with van der Waals surface area (Å²) in [5, 5.41) is 4.20. The van der Waals surface area contributed by atoms with Crippen molar-refractivity contribution in [1.82, 2.24) is 5.32 Å². The van der Waals surface area contributed by atoms with Gasteiger partial charge in [0.05, 0.1) is 12.2 Å². The number of halogens is 1. The summed E-state index contributed by atoms with van der Waals surface area (Å²) in [6.45, 7) is 6.26. The molecule has 0 aliphatic heterocycles. The fraction of sp³-hybridized carbons (Fsp3) is 0.667. The first-order chi connectivity index (χ1) is 10.2. The quantitative estimate of drug-likeness (QED) is 0.767. The van der Waals surface area contributed by atoms with Gasteiger partial charge in [-0.1, -0.05) is 56.8 Å². The van der Waals surface area contributed by atoms with Crippen LogP contribution in [0.1, 0.15) is 57.6 Å². The maximum Gasteiger partial charge on any atom is 0.0952 e. The van der Waals surface area contributed by atoms with Gasteiger partial charge in [0.15, 0.2) is 0 Å². The van der Waals surface area contributed by atoms with Gasteiger partial charge in [-0.25, -0.2) is 0 Å².